The molecule has 0 aromatic heterocycles. The molecule has 3 aliphatic heterocycles. The van der Waals surface area contributed by atoms with Crippen LogP contribution < -0.4 is 5.32 Å². The van der Waals surface area contributed by atoms with Crippen molar-refractivity contribution in [3.8, 4) is 0 Å². The van der Waals surface area contributed by atoms with Crippen LogP contribution in [0.25, 0.3) is 0 Å². The molecular formula is C18H32N4O3. The molecule has 3 atom stereocenters. The zero-order valence-corrected chi connectivity index (χ0v) is 15.6. The van der Waals surface area contributed by atoms with Crippen LogP contribution in [-0.4, -0.2) is 87.9 Å². The molecule has 3 rings (SSSR count). The zero-order chi connectivity index (χ0) is 17.6. The van der Waals surface area contributed by atoms with E-state index in [1.54, 1.807) is 19.0 Å². The fourth-order valence-corrected chi connectivity index (χ4v) is 3.81. The molecule has 7 heteroatoms. The molecule has 1 N–H and O–H groups in total. The van der Waals surface area contributed by atoms with E-state index in [0.29, 0.717) is 17.9 Å². The quantitative estimate of drug-likeness (QED) is 0.591. The Balaban J connectivity index is 1.61. The molecule has 0 radical (unpaired) electrons. The number of aliphatic imine (C=N–C) groups is 1. The molecule has 3 fully saturated rings. The maximum Gasteiger partial charge on any atom is 0.243 e. The molecule has 0 aromatic carbocycles. The fourth-order valence-electron chi connectivity index (χ4n) is 3.81. The van der Waals surface area contributed by atoms with Crippen molar-refractivity contribution < 1.29 is 14.3 Å². The summed E-state index contributed by atoms with van der Waals surface area (Å²) < 4.78 is 11.4. The van der Waals surface area contributed by atoms with Crippen LogP contribution in [0.1, 0.15) is 25.7 Å². The van der Waals surface area contributed by atoms with Crippen molar-refractivity contribution in [3.63, 3.8) is 0 Å². The Labute approximate surface area is 150 Å². The van der Waals surface area contributed by atoms with E-state index in [-0.39, 0.29) is 12.5 Å². The molecule has 3 unspecified atom stereocenters. The number of fused-ring (bicyclic) bond motifs is 1. The molecule has 0 aliphatic carbocycles. The van der Waals surface area contributed by atoms with E-state index in [9.17, 15) is 4.79 Å². The zero-order valence-electron chi connectivity index (χ0n) is 15.6. The smallest absolute Gasteiger partial charge is 0.243 e. The molecule has 0 spiro atoms. The highest BCUT2D eigenvalue weighted by molar-refractivity contribution is 5.85. The number of carbonyl (C=O) groups is 1. The number of amides is 1. The van der Waals surface area contributed by atoms with Crippen molar-refractivity contribution in [1.82, 2.24) is 15.1 Å². The first-order valence-electron chi connectivity index (χ1n) is 9.56. The maximum atomic E-state index is 12.0. The summed E-state index contributed by atoms with van der Waals surface area (Å²) in [5.74, 6) is 2.00. The summed E-state index contributed by atoms with van der Waals surface area (Å²) >= 11 is 0. The van der Waals surface area contributed by atoms with Gasteiger partial charge in [0.25, 0.3) is 0 Å². The molecule has 25 heavy (non-hydrogen) atoms. The molecular weight excluding hydrogens is 320 g/mol. The second-order valence-corrected chi connectivity index (χ2v) is 7.58. The van der Waals surface area contributed by atoms with Crippen molar-refractivity contribution >= 4 is 11.9 Å². The third-order valence-corrected chi connectivity index (χ3v) is 5.45. The molecule has 0 saturated carbocycles. The number of rotatable bonds is 4. The third-order valence-electron chi connectivity index (χ3n) is 5.45. The van der Waals surface area contributed by atoms with Crippen LogP contribution >= 0.6 is 0 Å². The Kier molecular flexibility index (Phi) is 6.53. The first-order valence-corrected chi connectivity index (χ1v) is 9.56. The first kappa shape index (κ1) is 18.5. The van der Waals surface area contributed by atoms with Gasteiger partial charge in [0.2, 0.25) is 5.91 Å². The Hall–Kier alpha value is -1.34. The van der Waals surface area contributed by atoms with Gasteiger partial charge >= 0.3 is 0 Å². The number of nitrogens with one attached hydrogen (secondary N) is 1. The highest BCUT2D eigenvalue weighted by Gasteiger charge is 2.33. The Morgan fingerprint density at radius 3 is 2.92 bits per heavy atom. The highest BCUT2D eigenvalue weighted by atomic mass is 16.5. The molecule has 0 aromatic rings. The number of hydrogen-bond donors (Lipinski definition) is 1. The number of likely N-dealkylation sites (N-methyl/N-ethyl adjacent to an activating group) is 1. The van der Waals surface area contributed by atoms with Crippen LogP contribution in [0.5, 0.6) is 0 Å². The van der Waals surface area contributed by atoms with E-state index in [1.807, 2.05) is 0 Å². The van der Waals surface area contributed by atoms with Crippen molar-refractivity contribution in [2.45, 2.75) is 31.8 Å². The molecule has 1 amide bonds. The van der Waals surface area contributed by atoms with Gasteiger partial charge in [-0.05, 0) is 25.7 Å². The van der Waals surface area contributed by atoms with Gasteiger partial charge in [-0.15, -0.1) is 0 Å². The lowest BCUT2D eigenvalue weighted by molar-refractivity contribution is -0.127. The van der Waals surface area contributed by atoms with Crippen molar-refractivity contribution in [2.75, 3.05) is 60.1 Å². The summed E-state index contributed by atoms with van der Waals surface area (Å²) in [5, 5.41) is 3.51. The van der Waals surface area contributed by atoms with E-state index >= 15 is 0 Å². The van der Waals surface area contributed by atoms with Gasteiger partial charge in [-0.3, -0.25) is 4.79 Å². The van der Waals surface area contributed by atoms with Crippen LogP contribution in [0, 0.1) is 11.8 Å². The lowest BCUT2D eigenvalue weighted by Crippen LogP contribution is -2.53. The van der Waals surface area contributed by atoms with E-state index < -0.39 is 0 Å². The molecule has 3 aliphatic rings. The number of piperidine rings is 1. The minimum atomic E-state index is 0.0272. The minimum absolute atomic E-state index is 0.0272. The third kappa shape index (κ3) is 5.07. The van der Waals surface area contributed by atoms with Crippen LogP contribution in [0.3, 0.4) is 0 Å². The van der Waals surface area contributed by atoms with Gasteiger partial charge in [0.05, 0.1) is 12.7 Å². The summed E-state index contributed by atoms with van der Waals surface area (Å²) in [6.45, 7) is 5.52. The van der Waals surface area contributed by atoms with Crippen LogP contribution in [0.15, 0.2) is 4.99 Å². The Bertz CT molecular complexity index is 477. The topological polar surface area (TPSA) is 66.4 Å². The largest absolute Gasteiger partial charge is 0.381 e. The van der Waals surface area contributed by atoms with E-state index in [2.05, 4.69) is 15.2 Å². The minimum Gasteiger partial charge on any atom is -0.381 e. The number of nitrogens with zero attached hydrogens (tertiary/aromatic N) is 3. The average Bonchev–Trinajstić information content (AvgIpc) is 3.14. The normalized spacial score (nSPS) is 30.1. The predicted molar refractivity (Wildman–Crippen MR) is 96.6 cm³/mol. The summed E-state index contributed by atoms with van der Waals surface area (Å²) in [4.78, 5) is 20.5. The SMILES string of the molecule is CN(C)C(=O)CN=C(NCC1CCOC1)N1CCC2OCCCC2C1. The monoisotopic (exact) mass is 352 g/mol. The molecule has 142 valence electrons. The maximum absolute atomic E-state index is 12.0. The van der Waals surface area contributed by atoms with Gasteiger partial charge in [-0.25, -0.2) is 4.99 Å². The number of carbonyl (C=O) groups excluding carboxylic acids is 1. The van der Waals surface area contributed by atoms with Crippen molar-refractivity contribution in [3.05, 3.63) is 0 Å². The van der Waals surface area contributed by atoms with Crippen molar-refractivity contribution in [1.29, 1.82) is 0 Å². The number of likely N-dealkylation sites (tertiary alicyclic amines) is 1. The first-order chi connectivity index (χ1) is 12.1. The summed E-state index contributed by atoms with van der Waals surface area (Å²) in [6.07, 6.45) is 4.90. The van der Waals surface area contributed by atoms with E-state index in [4.69, 9.17) is 9.47 Å². The number of guanidine groups is 1. The van der Waals surface area contributed by atoms with Gasteiger partial charge in [-0.1, -0.05) is 0 Å². The van der Waals surface area contributed by atoms with Crippen molar-refractivity contribution in [2.24, 2.45) is 16.8 Å². The predicted octanol–water partition coefficient (Wildman–Crippen LogP) is 0.558. The van der Waals surface area contributed by atoms with E-state index in [0.717, 1.165) is 64.7 Å². The van der Waals surface area contributed by atoms with Crippen LogP contribution in [0.4, 0.5) is 0 Å². The summed E-state index contributed by atoms with van der Waals surface area (Å²) in [6, 6.07) is 0. The fraction of sp³-hybridized carbons (Fsp3) is 0.889. The molecule has 3 heterocycles. The lowest BCUT2D eigenvalue weighted by atomic mass is 9.88. The number of ether oxygens (including phenoxy) is 2. The Morgan fingerprint density at radius 2 is 2.16 bits per heavy atom. The second kappa shape index (κ2) is 8.85. The van der Waals surface area contributed by atoms with Gasteiger partial charge in [-0.2, -0.15) is 0 Å². The van der Waals surface area contributed by atoms with Gasteiger partial charge < -0.3 is 24.6 Å². The summed E-state index contributed by atoms with van der Waals surface area (Å²) in [5.41, 5.74) is 0. The van der Waals surface area contributed by atoms with Gasteiger partial charge in [0.1, 0.15) is 6.54 Å². The standard InChI is InChI=1S/C18H32N4O3/c1-21(2)17(23)11-20-18(19-10-14-6-9-24-13-14)22-7-5-16-15(12-22)4-3-8-25-16/h14-16H,3-13H2,1-2H3,(H,19,20). The van der Waals surface area contributed by atoms with Crippen LogP contribution in [0.2, 0.25) is 0 Å². The van der Waals surface area contributed by atoms with Gasteiger partial charge in [0, 0.05) is 58.8 Å². The lowest BCUT2D eigenvalue weighted by Gasteiger charge is -2.42. The molecule has 7 nitrogen and oxygen atoms in total. The Morgan fingerprint density at radius 1 is 1.28 bits per heavy atom. The van der Waals surface area contributed by atoms with Crippen LogP contribution in [-0.2, 0) is 14.3 Å². The summed E-state index contributed by atoms with van der Waals surface area (Å²) in [7, 11) is 3.54. The molecule has 3 saturated heterocycles. The molecule has 0 bridgehead atoms. The highest BCUT2D eigenvalue weighted by Crippen LogP contribution is 2.28. The number of hydrogen-bond acceptors (Lipinski definition) is 4. The second-order valence-electron chi connectivity index (χ2n) is 7.58. The average molecular weight is 352 g/mol. The van der Waals surface area contributed by atoms with E-state index in [1.165, 1.54) is 6.42 Å². The van der Waals surface area contributed by atoms with Gasteiger partial charge in [0.15, 0.2) is 5.96 Å².